The molecule has 0 bridgehead atoms. The molecule has 0 atom stereocenters. The number of para-hydroxylation sites is 1. The highest BCUT2D eigenvalue weighted by atomic mass is 16.2. The van der Waals surface area contributed by atoms with E-state index in [1.54, 1.807) is 0 Å². The largest absolute Gasteiger partial charge is 0.296 e. The van der Waals surface area contributed by atoms with Crippen LogP contribution in [-0.4, -0.2) is 18.2 Å². The van der Waals surface area contributed by atoms with Crippen LogP contribution in [0.4, 0.5) is 5.69 Å². The molecule has 0 saturated carbocycles. The zero-order chi connectivity index (χ0) is 12.4. The summed E-state index contributed by atoms with van der Waals surface area (Å²) < 4.78 is 0. The molecule has 2 rings (SSSR count). The Balaban J connectivity index is 2.57. The summed E-state index contributed by atoms with van der Waals surface area (Å²) in [5.74, 6) is 2.09. The van der Waals surface area contributed by atoms with Gasteiger partial charge in [0.15, 0.2) is 5.78 Å². The van der Waals surface area contributed by atoms with Crippen molar-refractivity contribution in [1.82, 2.24) is 0 Å². The average Bonchev–Trinajstić information content (AvgIpc) is 2.55. The Morgan fingerprint density at radius 3 is 2.82 bits per heavy atom. The molecule has 0 N–H and O–H groups in total. The number of terminal acetylenes is 1. The number of allylic oxidation sites excluding steroid dienone is 1. The van der Waals surface area contributed by atoms with E-state index in [2.05, 4.69) is 5.92 Å². The second-order valence-corrected chi connectivity index (χ2v) is 3.78. The van der Waals surface area contributed by atoms with Crippen molar-refractivity contribution >= 4 is 23.0 Å². The van der Waals surface area contributed by atoms with E-state index in [9.17, 15) is 9.59 Å². The van der Waals surface area contributed by atoms with Crippen molar-refractivity contribution in [2.45, 2.75) is 6.92 Å². The lowest BCUT2D eigenvalue weighted by molar-refractivity contribution is -0.114. The first-order valence-electron chi connectivity index (χ1n) is 5.22. The highest BCUT2D eigenvalue weighted by Gasteiger charge is 2.31. The summed E-state index contributed by atoms with van der Waals surface area (Å²) in [6.45, 7) is 1.64. The predicted octanol–water partition coefficient (Wildman–Crippen LogP) is 1.64. The molecule has 0 fully saturated rings. The summed E-state index contributed by atoms with van der Waals surface area (Å²) in [7, 11) is 0. The van der Waals surface area contributed by atoms with Crippen LogP contribution in [0.15, 0.2) is 30.3 Å². The Morgan fingerprint density at radius 1 is 1.47 bits per heavy atom. The minimum atomic E-state index is -0.209. The van der Waals surface area contributed by atoms with Crippen LogP contribution in [0.5, 0.6) is 0 Å². The van der Waals surface area contributed by atoms with Crippen LogP contribution in [0.25, 0.3) is 5.57 Å². The number of carbonyl (C=O) groups excluding carboxylic acids is 2. The molecule has 3 nitrogen and oxygen atoms in total. The third-order valence-corrected chi connectivity index (χ3v) is 2.56. The van der Waals surface area contributed by atoms with Gasteiger partial charge < -0.3 is 0 Å². The third-order valence-electron chi connectivity index (χ3n) is 2.56. The van der Waals surface area contributed by atoms with E-state index in [1.165, 1.54) is 17.9 Å². The number of anilines is 1. The van der Waals surface area contributed by atoms with Crippen LogP contribution < -0.4 is 4.90 Å². The molecule has 1 aliphatic heterocycles. The van der Waals surface area contributed by atoms with Gasteiger partial charge in [0.2, 0.25) is 0 Å². The number of nitrogens with zero attached hydrogens (tertiary/aromatic N) is 1. The zero-order valence-electron chi connectivity index (χ0n) is 9.43. The average molecular weight is 225 g/mol. The quantitative estimate of drug-likeness (QED) is 0.566. The maximum absolute atomic E-state index is 12.1. The maximum Gasteiger partial charge on any atom is 0.259 e. The van der Waals surface area contributed by atoms with Crippen molar-refractivity contribution in [2.24, 2.45) is 0 Å². The van der Waals surface area contributed by atoms with Crippen molar-refractivity contribution in [3.63, 3.8) is 0 Å². The lowest BCUT2D eigenvalue weighted by Gasteiger charge is -2.12. The summed E-state index contributed by atoms with van der Waals surface area (Å²) in [4.78, 5) is 24.7. The van der Waals surface area contributed by atoms with E-state index in [4.69, 9.17) is 6.42 Å². The van der Waals surface area contributed by atoms with Crippen LogP contribution >= 0.6 is 0 Å². The van der Waals surface area contributed by atoms with Gasteiger partial charge in [0.1, 0.15) is 0 Å². The minimum absolute atomic E-state index is 0.147. The number of benzene rings is 1. The first kappa shape index (κ1) is 11.2. The van der Waals surface area contributed by atoms with E-state index in [-0.39, 0.29) is 18.2 Å². The lowest BCUT2D eigenvalue weighted by Crippen LogP contribution is -2.26. The predicted molar refractivity (Wildman–Crippen MR) is 66.3 cm³/mol. The molecule has 1 aromatic rings. The van der Waals surface area contributed by atoms with Crippen molar-refractivity contribution in [3.05, 3.63) is 35.9 Å². The number of rotatable bonds is 2. The third kappa shape index (κ3) is 1.85. The molecule has 0 radical (unpaired) electrons. The second kappa shape index (κ2) is 4.26. The van der Waals surface area contributed by atoms with Crippen LogP contribution in [0.1, 0.15) is 12.5 Å². The molecule has 84 valence electrons. The number of carbonyl (C=O) groups is 2. The first-order valence-corrected chi connectivity index (χ1v) is 5.22. The fraction of sp³-hybridized carbons (Fsp3) is 0.143. The fourth-order valence-corrected chi connectivity index (χ4v) is 1.90. The van der Waals surface area contributed by atoms with E-state index >= 15 is 0 Å². The molecule has 1 amide bonds. The van der Waals surface area contributed by atoms with Gasteiger partial charge in [-0.05, 0) is 19.1 Å². The van der Waals surface area contributed by atoms with Gasteiger partial charge in [-0.2, -0.15) is 0 Å². The number of amides is 1. The van der Waals surface area contributed by atoms with Gasteiger partial charge >= 0.3 is 0 Å². The molecule has 0 saturated heterocycles. The Labute approximate surface area is 99.7 Å². The smallest absolute Gasteiger partial charge is 0.259 e. The number of ketones is 1. The van der Waals surface area contributed by atoms with Gasteiger partial charge in [0.05, 0.1) is 17.8 Å². The van der Waals surface area contributed by atoms with Gasteiger partial charge in [0.25, 0.3) is 5.91 Å². The first-order chi connectivity index (χ1) is 8.15. The lowest BCUT2D eigenvalue weighted by atomic mass is 10.1. The summed E-state index contributed by atoms with van der Waals surface area (Å²) >= 11 is 0. The van der Waals surface area contributed by atoms with Gasteiger partial charge in [-0.1, -0.05) is 24.1 Å². The van der Waals surface area contributed by atoms with E-state index in [1.807, 2.05) is 24.3 Å². The Bertz CT molecular complexity index is 564. The zero-order valence-corrected chi connectivity index (χ0v) is 9.43. The summed E-state index contributed by atoms with van der Waals surface area (Å²) in [5.41, 5.74) is 1.95. The SMILES string of the molecule is C#CCN1C(=O)/C(=C/C(C)=O)c2ccccc21. The van der Waals surface area contributed by atoms with Crippen molar-refractivity contribution in [2.75, 3.05) is 11.4 Å². The second-order valence-electron chi connectivity index (χ2n) is 3.78. The molecule has 17 heavy (non-hydrogen) atoms. The molecule has 3 heteroatoms. The summed E-state index contributed by atoms with van der Waals surface area (Å²) in [6, 6.07) is 7.32. The summed E-state index contributed by atoms with van der Waals surface area (Å²) in [6.07, 6.45) is 6.60. The van der Waals surface area contributed by atoms with Crippen LogP contribution in [-0.2, 0) is 9.59 Å². The number of fused-ring (bicyclic) bond motifs is 1. The van der Waals surface area contributed by atoms with Gasteiger partial charge in [0, 0.05) is 5.56 Å². The molecule has 0 aliphatic carbocycles. The molecule has 0 aromatic heterocycles. The standard InChI is InChI=1S/C14H11NO2/c1-3-8-15-13-7-5-4-6-11(13)12(14(15)17)9-10(2)16/h1,4-7,9H,8H2,2H3/b12-9+. The Hall–Kier alpha value is -2.34. The highest BCUT2D eigenvalue weighted by Crippen LogP contribution is 2.35. The molecule has 0 spiro atoms. The molecule has 1 heterocycles. The molecule has 1 aromatic carbocycles. The Morgan fingerprint density at radius 2 is 2.18 bits per heavy atom. The van der Waals surface area contributed by atoms with Crippen LogP contribution in [0, 0.1) is 12.3 Å². The van der Waals surface area contributed by atoms with Crippen LogP contribution in [0.2, 0.25) is 0 Å². The number of hydrogen-bond donors (Lipinski definition) is 0. The van der Waals surface area contributed by atoms with Gasteiger partial charge in [-0.25, -0.2) is 0 Å². The molecule has 1 aliphatic rings. The monoisotopic (exact) mass is 225 g/mol. The molecular weight excluding hydrogens is 214 g/mol. The summed E-state index contributed by atoms with van der Waals surface area (Å²) in [5, 5.41) is 0. The van der Waals surface area contributed by atoms with Crippen molar-refractivity contribution in [1.29, 1.82) is 0 Å². The van der Waals surface area contributed by atoms with Crippen molar-refractivity contribution in [3.8, 4) is 12.3 Å². The van der Waals surface area contributed by atoms with Gasteiger partial charge in [-0.3, -0.25) is 14.5 Å². The topological polar surface area (TPSA) is 37.4 Å². The Kier molecular flexibility index (Phi) is 2.80. The van der Waals surface area contributed by atoms with Crippen molar-refractivity contribution < 1.29 is 9.59 Å². The van der Waals surface area contributed by atoms with Crippen LogP contribution in [0.3, 0.4) is 0 Å². The molecule has 0 unspecified atom stereocenters. The fourth-order valence-electron chi connectivity index (χ4n) is 1.90. The van der Waals surface area contributed by atoms with E-state index in [0.717, 1.165) is 11.3 Å². The van der Waals surface area contributed by atoms with E-state index < -0.39 is 0 Å². The van der Waals surface area contributed by atoms with E-state index in [0.29, 0.717) is 5.57 Å². The maximum atomic E-state index is 12.1. The normalized spacial score (nSPS) is 15.9. The van der Waals surface area contributed by atoms with Gasteiger partial charge in [-0.15, -0.1) is 6.42 Å². The number of hydrogen-bond acceptors (Lipinski definition) is 2. The molecular formula is C14H11NO2. The highest BCUT2D eigenvalue weighted by molar-refractivity contribution is 6.34. The minimum Gasteiger partial charge on any atom is -0.296 e.